The number of fused-ring (bicyclic) bond motifs is 2. The number of hydrogen-bond donors (Lipinski definition) is 0. The second-order valence-corrected chi connectivity index (χ2v) is 7.63. The van der Waals surface area contributed by atoms with Crippen LogP contribution < -0.4 is 19.8 Å². The smallest absolute Gasteiger partial charge is 0.277 e. The molecule has 0 saturated carbocycles. The van der Waals surface area contributed by atoms with Gasteiger partial charge in [-0.05, 0) is 55.5 Å². The Morgan fingerprint density at radius 2 is 1.82 bits per heavy atom. The predicted octanol–water partition coefficient (Wildman–Crippen LogP) is 3.39. The van der Waals surface area contributed by atoms with Crippen LogP contribution in [0.1, 0.15) is 12.8 Å². The minimum atomic E-state index is -0.213. The van der Waals surface area contributed by atoms with Gasteiger partial charge in [-0.1, -0.05) is 5.16 Å². The van der Waals surface area contributed by atoms with Crippen molar-refractivity contribution in [3.63, 3.8) is 0 Å². The summed E-state index contributed by atoms with van der Waals surface area (Å²) < 4.78 is 24.7. The van der Waals surface area contributed by atoms with Crippen LogP contribution in [0, 0.1) is 0 Å². The monoisotopic (exact) mass is 457 g/mol. The lowest BCUT2D eigenvalue weighted by molar-refractivity contribution is 0.174. The maximum atomic E-state index is 13.1. The molecule has 0 amide bonds. The molecule has 0 bridgehead atoms. The third-order valence-electron chi connectivity index (χ3n) is 5.47. The second kappa shape index (κ2) is 8.07. The number of rotatable bonds is 6. The zero-order valence-corrected chi connectivity index (χ0v) is 18.2. The topological polar surface area (TPSA) is 106 Å². The summed E-state index contributed by atoms with van der Waals surface area (Å²) in [6.07, 6.45) is 3.37. The van der Waals surface area contributed by atoms with E-state index in [0.29, 0.717) is 41.0 Å². The van der Waals surface area contributed by atoms with Gasteiger partial charge in [0.05, 0.1) is 12.3 Å². The predicted molar refractivity (Wildman–Crippen MR) is 121 cm³/mol. The van der Waals surface area contributed by atoms with E-state index in [0.717, 1.165) is 16.9 Å². The largest absolute Gasteiger partial charge is 0.494 e. The molecule has 1 aliphatic rings. The van der Waals surface area contributed by atoms with Crippen LogP contribution in [-0.2, 0) is 6.54 Å². The zero-order valence-electron chi connectivity index (χ0n) is 18.2. The summed E-state index contributed by atoms with van der Waals surface area (Å²) >= 11 is 0. The minimum absolute atomic E-state index is 0.135. The van der Waals surface area contributed by atoms with Crippen molar-refractivity contribution < 1.29 is 18.7 Å². The van der Waals surface area contributed by atoms with Crippen LogP contribution in [0.2, 0.25) is 0 Å². The Morgan fingerprint density at radius 1 is 1.00 bits per heavy atom. The molecular weight excluding hydrogens is 438 g/mol. The van der Waals surface area contributed by atoms with Gasteiger partial charge in [-0.2, -0.15) is 10.1 Å². The molecule has 0 radical (unpaired) electrons. The average Bonchev–Trinajstić information content (AvgIpc) is 3.61. The van der Waals surface area contributed by atoms with Crippen molar-refractivity contribution in [1.29, 1.82) is 0 Å². The van der Waals surface area contributed by atoms with E-state index < -0.39 is 0 Å². The molecular formula is C24H19N5O5. The number of aromatic nitrogens is 5. The lowest BCUT2D eigenvalue weighted by atomic mass is 10.1. The lowest BCUT2D eigenvalue weighted by Gasteiger charge is -2.02. The van der Waals surface area contributed by atoms with Gasteiger partial charge in [-0.3, -0.25) is 4.79 Å². The molecule has 10 heteroatoms. The Bertz CT molecular complexity index is 1550. The molecule has 0 unspecified atom stereocenters. The van der Waals surface area contributed by atoms with Gasteiger partial charge >= 0.3 is 0 Å². The fourth-order valence-electron chi connectivity index (χ4n) is 3.80. The molecule has 0 saturated heterocycles. The number of benzene rings is 2. The van der Waals surface area contributed by atoms with Crippen molar-refractivity contribution in [3.8, 4) is 39.9 Å². The van der Waals surface area contributed by atoms with Crippen molar-refractivity contribution in [2.24, 2.45) is 0 Å². The van der Waals surface area contributed by atoms with Crippen LogP contribution in [0.4, 0.5) is 0 Å². The average molecular weight is 457 g/mol. The Hall–Kier alpha value is -4.60. The van der Waals surface area contributed by atoms with E-state index in [4.69, 9.17) is 18.7 Å². The van der Waals surface area contributed by atoms with Crippen molar-refractivity contribution in [2.45, 2.75) is 13.5 Å². The maximum Gasteiger partial charge on any atom is 0.277 e. The summed E-state index contributed by atoms with van der Waals surface area (Å²) in [7, 11) is 0. The Balaban J connectivity index is 1.26. The van der Waals surface area contributed by atoms with Crippen molar-refractivity contribution in [1.82, 2.24) is 24.3 Å². The Labute approximate surface area is 192 Å². The van der Waals surface area contributed by atoms with E-state index in [1.54, 1.807) is 35.1 Å². The zero-order chi connectivity index (χ0) is 23.1. The van der Waals surface area contributed by atoms with Crippen LogP contribution in [0.3, 0.4) is 0 Å². The Morgan fingerprint density at radius 3 is 2.68 bits per heavy atom. The fourth-order valence-corrected chi connectivity index (χ4v) is 3.80. The SMILES string of the molecule is CCOc1ccc(-c2cc3c(=O)n(Cc4nc(-c5ccc6c(c5)OCO6)no4)ccn3n2)cc1. The summed E-state index contributed by atoms with van der Waals surface area (Å²) in [5.74, 6) is 2.82. The minimum Gasteiger partial charge on any atom is -0.494 e. The molecule has 10 nitrogen and oxygen atoms in total. The Kier molecular flexibility index (Phi) is 4.76. The number of hydrogen-bond acceptors (Lipinski definition) is 8. The number of nitrogens with zero attached hydrogens (tertiary/aromatic N) is 5. The first-order valence-corrected chi connectivity index (χ1v) is 10.7. The molecule has 0 fully saturated rings. The molecule has 2 aromatic carbocycles. The van der Waals surface area contributed by atoms with Crippen LogP contribution in [0.5, 0.6) is 17.2 Å². The van der Waals surface area contributed by atoms with Gasteiger partial charge < -0.3 is 23.3 Å². The summed E-state index contributed by atoms with van der Waals surface area (Å²) in [5, 5.41) is 8.57. The van der Waals surface area contributed by atoms with Gasteiger partial charge in [0.25, 0.3) is 5.56 Å². The number of ether oxygens (including phenoxy) is 3. The first-order valence-electron chi connectivity index (χ1n) is 10.7. The normalized spacial score (nSPS) is 12.4. The molecule has 34 heavy (non-hydrogen) atoms. The highest BCUT2D eigenvalue weighted by Crippen LogP contribution is 2.35. The van der Waals surface area contributed by atoms with Crippen molar-refractivity contribution in [3.05, 3.63) is 77.2 Å². The molecule has 170 valence electrons. The molecule has 1 aliphatic heterocycles. The van der Waals surface area contributed by atoms with Gasteiger partial charge in [0.1, 0.15) is 17.8 Å². The molecule has 0 aliphatic carbocycles. The highest BCUT2D eigenvalue weighted by molar-refractivity contribution is 5.66. The molecule has 4 heterocycles. The molecule has 6 rings (SSSR count). The highest BCUT2D eigenvalue weighted by Gasteiger charge is 2.17. The summed E-state index contributed by atoms with van der Waals surface area (Å²) in [6, 6.07) is 14.8. The van der Waals surface area contributed by atoms with E-state index >= 15 is 0 Å². The van der Waals surface area contributed by atoms with Gasteiger partial charge in [0.2, 0.25) is 18.5 Å². The van der Waals surface area contributed by atoms with Crippen LogP contribution >= 0.6 is 0 Å². The van der Waals surface area contributed by atoms with E-state index in [1.807, 2.05) is 37.3 Å². The summed E-state index contributed by atoms with van der Waals surface area (Å²) in [5.41, 5.74) is 2.55. The van der Waals surface area contributed by atoms with Crippen molar-refractivity contribution >= 4 is 5.52 Å². The second-order valence-electron chi connectivity index (χ2n) is 7.63. The van der Waals surface area contributed by atoms with Crippen LogP contribution in [-0.4, -0.2) is 37.7 Å². The fraction of sp³-hybridized carbons (Fsp3) is 0.167. The van der Waals surface area contributed by atoms with Crippen LogP contribution in [0.15, 0.2) is 70.2 Å². The van der Waals surface area contributed by atoms with E-state index in [-0.39, 0.29) is 18.9 Å². The van der Waals surface area contributed by atoms with Gasteiger partial charge in [0.15, 0.2) is 11.5 Å². The van der Waals surface area contributed by atoms with Crippen LogP contribution in [0.25, 0.3) is 28.2 Å². The van der Waals surface area contributed by atoms with E-state index in [9.17, 15) is 4.79 Å². The van der Waals surface area contributed by atoms with E-state index in [1.165, 1.54) is 4.57 Å². The summed E-state index contributed by atoms with van der Waals surface area (Å²) in [4.78, 5) is 17.5. The molecule has 5 aromatic rings. The third kappa shape index (κ3) is 3.54. The molecule has 0 N–H and O–H groups in total. The van der Waals surface area contributed by atoms with Crippen molar-refractivity contribution in [2.75, 3.05) is 13.4 Å². The first kappa shape index (κ1) is 20.0. The lowest BCUT2D eigenvalue weighted by Crippen LogP contribution is -2.21. The summed E-state index contributed by atoms with van der Waals surface area (Å²) in [6.45, 7) is 2.87. The quantitative estimate of drug-likeness (QED) is 0.382. The van der Waals surface area contributed by atoms with E-state index in [2.05, 4.69) is 15.2 Å². The molecule has 3 aromatic heterocycles. The van der Waals surface area contributed by atoms with Gasteiger partial charge in [0, 0.05) is 23.5 Å². The first-order chi connectivity index (χ1) is 16.7. The molecule has 0 atom stereocenters. The highest BCUT2D eigenvalue weighted by atomic mass is 16.7. The maximum absolute atomic E-state index is 13.1. The van der Waals surface area contributed by atoms with Gasteiger partial charge in [-0.25, -0.2) is 4.52 Å². The standard InChI is InChI=1S/C24H19N5O5/c1-2-31-17-6-3-15(4-7-17)18-12-19-24(30)28(9-10-29(19)26-18)13-22-25-23(27-34-22)16-5-8-20-21(11-16)33-14-32-20/h3-12H,2,13-14H2,1H3. The third-order valence-corrected chi connectivity index (χ3v) is 5.47. The van der Waals surface area contributed by atoms with Gasteiger partial charge in [-0.15, -0.1) is 0 Å². The molecule has 0 spiro atoms.